The lowest BCUT2D eigenvalue weighted by molar-refractivity contribution is 0.298. The second-order valence-corrected chi connectivity index (χ2v) is 7.75. The minimum absolute atomic E-state index is 0.0263. The third kappa shape index (κ3) is 3.92. The Hall–Kier alpha value is -3.78. The molecule has 0 saturated carbocycles. The van der Waals surface area contributed by atoms with Gasteiger partial charge in [0.25, 0.3) is 0 Å². The van der Waals surface area contributed by atoms with Crippen LogP contribution in [0.5, 0.6) is 5.75 Å². The summed E-state index contributed by atoms with van der Waals surface area (Å²) in [6.45, 7) is 3.23. The van der Waals surface area contributed by atoms with Gasteiger partial charge < -0.3 is 19.9 Å². The maximum Gasteiger partial charge on any atom is 0.170 e. The first-order chi connectivity index (χ1) is 15.6. The molecule has 32 heavy (non-hydrogen) atoms. The number of benzene rings is 2. The molecule has 8 heteroatoms. The summed E-state index contributed by atoms with van der Waals surface area (Å²) >= 11 is 0. The normalized spacial score (nSPS) is 17.7. The topological polar surface area (TPSA) is 74.6 Å². The molecule has 5 rings (SSSR count). The smallest absolute Gasteiger partial charge is 0.170 e. The molecule has 7 nitrogen and oxygen atoms in total. The Labute approximate surface area is 185 Å². The van der Waals surface area contributed by atoms with Crippen molar-refractivity contribution in [3.05, 3.63) is 83.6 Å². The number of hydrogen-bond acceptors (Lipinski definition) is 7. The predicted molar refractivity (Wildman–Crippen MR) is 121 cm³/mol. The van der Waals surface area contributed by atoms with Gasteiger partial charge in [-0.05, 0) is 36.8 Å². The first-order valence-electron chi connectivity index (χ1n) is 10.4. The number of hydrazine groups is 1. The van der Waals surface area contributed by atoms with E-state index in [1.54, 1.807) is 19.2 Å². The fraction of sp³-hybridized carbons (Fsp3) is 0.208. The zero-order chi connectivity index (χ0) is 22.1. The fourth-order valence-corrected chi connectivity index (χ4v) is 3.98. The molecule has 3 aromatic rings. The molecule has 1 saturated heterocycles. The zero-order valence-electron chi connectivity index (χ0n) is 17.9. The van der Waals surface area contributed by atoms with Crippen molar-refractivity contribution in [2.24, 2.45) is 0 Å². The number of anilines is 1. The van der Waals surface area contributed by atoms with Gasteiger partial charge in [0.1, 0.15) is 17.4 Å². The van der Waals surface area contributed by atoms with Crippen LogP contribution in [0.1, 0.15) is 11.3 Å². The number of ether oxygens (including phenoxy) is 1. The highest BCUT2D eigenvalue weighted by Gasteiger charge is 2.25. The van der Waals surface area contributed by atoms with Crippen LogP contribution in [0, 0.1) is 12.7 Å². The van der Waals surface area contributed by atoms with Crippen molar-refractivity contribution < 1.29 is 13.7 Å². The van der Waals surface area contributed by atoms with Crippen molar-refractivity contribution >= 4 is 11.3 Å². The number of halogens is 1. The van der Waals surface area contributed by atoms with E-state index in [1.165, 1.54) is 12.1 Å². The van der Waals surface area contributed by atoms with E-state index >= 15 is 0 Å². The summed E-state index contributed by atoms with van der Waals surface area (Å²) in [4.78, 5) is 0. The van der Waals surface area contributed by atoms with Crippen molar-refractivity contribution in [1.29, 1.82) is 0 Å². The highest BCUT2D eigenvalue weighted by atomic mass is 19.1. The van der Waals surface area contributed by atoms with Crippen LogP contribution in [0.4, 0.5) is 10.1 Å². The van der Waals surface area contributed by atoms with Crippen LogP contribution in [0.25, 0.3) is 16.9 Å². The molecule has 1 unspecified atom stereocenters. The van der Waals surface area contributed by atoms with Crippen molar-refractivity contribution in [3.8, 4) is 17.1 Å². The first kappa shape index (κ1) is 20.1. The molecule has 0 aliphatic carbocycles. The Morgan fingerprint density at radius 1 is 1.19 bits per heavy atom. The summed E-state index contributed by atoms with van der Waals surface area (Å²) in [6.07, 6.45) is 4.19. The van der Waals surface area contributed by atoms with Crippen LogP contribution in [0.15, 0.2) is 71.0 Å². The number of nitrogens with zero attached hydrogens (tertiary/aromatic N) is 2. The van der Waals surface area contributed by atoms with Crippen LogP contribution in [0.2, 0.25) is 0 Å². The molecule has 0 radical (unpaired) electrons. The van der Waals surface area contributed by atoms with Gasteiger partial charge >= 0.3 is 0 Å². The summed E-state index contributed by atoms with van der Waals surface area (Å²) in [6, 6.07) is 14.4. The molecule has 1 aromatic heterocycles. The predicted octanol–water partition coefficient (Wildman–Crippen LogP) is 3.88. The number of hydrogen-bond donors (Lipinski definition) is 3. The van der Waals surface area contributed by atoms with Gasteiger partial charge in [-0.15, -0.1) is 0 Å². The van der Waals surface area contributed by atoms with Gasteiger partial charge in [-0.1, -0.05) is 29.4 Å². The second-order valence-electron chi connectivity index (χ2n) is 7.75. The highest BCUT2D eigenvalue weighted by molar-refractivity contribution is 5.77. The number of allylic oxidation sites excluding steroid dienone is 2. The van der Waals surface area contributed by atoms with E-state index in [0.717, 1.165) is 33.9 Å². The van der Waals surface area contributed by atoms with Crippen molar-refractivity contribution in [1.82, 2.24) is 20.9 Å². The molecule has 3 heterocycles. The summed E-state index contributed by atoms with van der Waals surface area (Å²) in [5.41, 5.74) is 7.90. The standard InChI is InChI=1S/C24H24FN5O2/c1-15-11-23(32-29-15)21-10-7-18(12-22(21)31-2)28-19-8-9-20(16-3-5-17(25)6-4-16)24-26-14-27-30(24)13-19/h3-12,19,26-28H,13-14H2,1-2H3. The number of aromatic nitrogens is 1. The molecule has 2 aliphatic rings. The summed E-state index contributed by atoms with van der Waals surface area (Å²) in [7, 11) is 1.64. The lowest BCUT2D eigenvalue weighted by Gasteiger charge is -2.24. The average molecular weight is 433 g/mol. The minimum Gasteiger partial charge on any atom is -0.496 e. The van der Waals surface area contributed by atoms with E-state index in [1.807, 2.05) is 31.2 Å². The molecule has 2 aromatic carbocycles. The SMILES string of the molecule is COc1cc(NC2C=CC(c3ccc(F)cc3)=C3NCNN3C2)ccc1-c1cc(C)no1. The Balaban J connectivity index is 1.40. The number of rotatable bonds is 5. The quantitative estimate of drug-likeness (QED) is 0.564. The lowest BCUT2D eigenvalue weighted by atomic mass is 10.0. The van der Waals surface area contributed by atoms with Gasteiger partial charge in [-0.2, -0.15) is 0 Å². The summed E-state index contributed by atoms with van der Waals surface area (Å²) in [5, 5.41) is 13.0. The van der Waals surface area contributed by atoms with E-state index in [4.69, 9.17) is 9.26 Å². The third-order valence-corrected chi connectivity index (χ3v) is 5.53. The summed E-state index contributed by atoms with van der Waals surface area (Å²) in [5.74, 6) is 2.11. The molecule has 164 valence electrons. The fourth-order valence-electron chi connectivity index (χ4n) is 3.98. The van der Waals surface area contributed by atoms with E-state index in [2.05, 4.69) is 38.4 Å². The average Bonchev–Trinajstić information content (AvgIpc) is 3.40. The van der Waals surface area contributed by atoms with Gasteiger partial charge in [-0.3, -0.25) is 5.01 Å². The monoisotopic (exact) mass is 433 g/mol. The number of fused-ring (bicyclic) bond motifs is 1. The largest absolute Gasteiger partial charge is 0.496 e. The van der Waals surface area contributed by atoms with E-state index in [-0.39, 0.29) is 11.9 Å². The van der Waals surface area contributed by atoms with Crippen molar-refractivity contribution in [2.45, 2.75) is 13.0 Å². The van der Waals surface area contributed by atoms with Crippen molar-refractivity contribution in [3.63, 3.8) is 0 Å². The van der Waals surface area contributed by atoms with Crippen LogP contribution >= 0.6 is 0 Å². The van der Waals surface area contributed by atoms with Crippen LogP contribution in [-0.2, 0) is 0 Å². The molecular formula is C24H24FN5O2. The van der Waals surface area contributed by atoms with Crippen LogP contribution < -0.4 is 20.8 Å². The Morgan fingerprint density at radius 2 is 2.03 bits per heavy atom. The molecule has 2 aliphatic heterocycles. The number of nitrogens with one attached hydrogen (secondary N) is 3. The third-order valence-electron chi connectivity index (χ3n) is 5.53. The summed E-state index contributed by atoms with van der Waals surface area (Å²) < 4.78 is 24.4. The molecule has 0 spiro atoms. The van der Waals surface area contributed by atoms with E-state index in [0.29, 0.717) is 24.7 Å². The molecular weight excluding hydrogens is 409 g/mol. The molecule has 1 fully saturated rings. The molecule has 3 N–H and O–H groups in total. The maximum absolute atomic E-state index is 13.4. The number of methoxy groups -OCH3 is 1. The lowest BCUT2D eigenvalue weighted by Crippen LogP contribution is -2.38. The molecule has 0 bridgehead atoms. The second kappa shape index (κ2) is 8.39. The highest BCUT2D eigenvalue weighted by Crippen LogP contribution is 2.33. The maximum atomic E-state index is 13.4. The Morgan fingerprint density at radius 3 is 2.78 bits per heavy atom. The van der Waals surface area contributed by atoms with Gasteiger partial charge in [0.05, 0.1) is 37.6 Å². The van der Waals surface area contributed by atoms with Gasteiger partial charge in [0, 0.05) is 23.4 Å². The van der Waals surface area contributed by atoms with Gasteiger partial charge in [0.2, 0.25) is 0 Å². The van der Waals surface area contributed by atoms with E-state index in [9.17, 15) is 4.39 Å². The van der Waals surface area contributed by atoms with Gasteiger partial charge in [-0.25, -0.2) is 9.82 Å². The number of aryl methyl sites for hydroxylation is 1. The van der Waals surface area contributed by atoms with E-state index < -0.39 is 0 Å². The Kier molecular flexibility index (Phi) is 5.28. The Bertz CT molecular complexity index is 1190. The van der Waals surface area contributed by atoms with Crippen LogP contribution in [0.3, 0.4) is 0 Å². The first-order valence-corrected chi connectivity index (χ1v) is 10.4. The zero-order valence-corrected chi connectivity index (χ0v) is 17.9. The van der Waals surface area contributed by atoms with Crippen molar-refractivity contribution in [2.75, 3.05) is 25.6 Å². The molecule has 1 atom stereocenters. The minimum atomic E-state index is -0.247. The van der Waals surface area contributed by atoms with Gasteiger partial charge in [0.15, 0.2) is 5.76 Å². The molecule has 0 amide bonds. The van der Waals surface area contributed by atoms with Crippen LogP contribution in [-0.4, -0.2) is 36.5 Å².